The van der Waals surface area contributed by atoms with Gasteiger partial charge < -0.3 is 14.6 Å². The molecule has 0 unspecified atom stereocenters. The van der Waals surface area contributed by atoms with Gasteiger partial charge in [0.25, 0.3) is 5.91 Å². The third-order valence-corrected chi connectivity index (χ3v) is 4.53. The van der Waals surface area contributed by atoms with Crippen LogP contribution in [0.1, 0.15) is 23.1 Å². The lowest BCUT2D eigenvalue weighted by atomic mass is 10.1. The number of likely N-dealkylation sites (N-methyl/N-ethyl adjacent to an activating group) is 1. The fourth-order valence-corrected chi connectivity index (χ4v) is 2.98. The van der Waals surface area contributed by atoms with Crippen molar-refractivity contribution < 1.29 is 9.90 Å². The molecule has 3 rings (SSSR count). The fourth-order valence-electron chi connectivity index (χ4n) is 2.74. The quantitative estimate of drug-likeness (QED) is 0.725. The maximum Gasteiger partial charge on any atom is 0.256 e. The predicted octanol–water partition coefficient (Wildman–Crippen LogP) is 3.28. The molecule has 0 aliphatic carbocycles. The van der Waals surface area contributed by atoms with E-state index in [9.17, 15) is 9.90 Å². The minimum Gasteiger partial charge on any atom is -0.378 e. The average molecular weight is 370 g/mol. The first-order chi connectivity index (χ1) is 12.6. The Hall–Kier alpha value is -2.63. The van der Waals surface area contributed by atoms with Gasteiger partial charge in [-0.3, -0.25) is 4.79 Å². The molecule has 0 radical (unpaired) electrons. The summed E-state index contributed by atoms with van der Waals surface area (Å²) >= 11 is 6.08. The van der Waals surface area contributed by atoms with Gasteiger partial charge in [0, 0.05) is 36.6 Å². The molecule has 0 aliphatic rings. The predicted molar refractivity (Wildman–Crippen MR) is 101 cm³/mol. The van der Waals surface area contributed by atoms with Crippen LogP contribution in [0.4, 0.5) is 0 Å². The second-order valence-electron chi connectivity index (χ2n) is 6.08. The van der Waals surface area contributed by atoms with Gasteiger partial charge in [0.15, 0.2) is 6.10 Å². The molecule has 5 nitrogen and oxygen atoms in total. The highest BCUT2D eigenvalue weighted by Crippen LogP contribution is 2.24. The number of carbonyl (C=O) groups is 1. The number of imidazole rings is 1. The van der Waals surface area contributed by atoms with Gasteiger partial charge >= 0.3 is 0 Å². The summed E-state index contributed by atoms with van der Waals surface area (Å²) in [5.41, 5.74) is 1.55. The van der Waals surface area contributed by atoms with Crippen molar-refractivity contribution in [1.29, 1.82) is 0 Å². The molecular weight excluding hydrogens is 350 g/mol. The van der Waals surface area contributed by atoms with Gasteiger partial charge in [-0.2, -0.15) is 0 Å². The lowest BCUT2D eigenvalue weighted by Crippen LogP contribution is -2.32. The number of aliphatic hydroxyl groups is 1. The van der Waals surface area contributed by atoms with Gasteiger partial charge in [-0.1, -0.05) is 60.1 Å². The van der Waals surface area contributed by atoms with Crippen LogP contribution in [-0.2, 0) is 17.9 Å². The first-order valence-corrected chi connectivity index (χ1v) is 8.65. The number of hydrogen-bond acceptors (Lipinski definition) is 3. The van der Waals surface area contributed by atoms with E-state index in [1.54, 1.807) is 37.5 Å². The number of carbonyl (C=O) groups excluding carboxylic acids is 1. The molecule has 0 aliphatic heterocycles. The molecule has 0 saturated heterocycles. The second kappa shape index (κ2) is 8.17. The van der Waals surface area contributed by atoms with E-state index in [1.165, 1.54) is 4.90 Å². The van der Waals surface area contributed by atoms with Crippen molar-refractivity contribution in [1.82, 2.24) is 14.5 Å². The molecule has 1 aromatic heterocycles. The Morgan fingerprint density at radius 2 is 1.88 bits per heavy atom. The van der Waals surface area contributed by atoms with Crippen molar-refractivity contribution in [2.75, 3.05) is 7.05 Å². The van der Waals surface area contributed by atoms with Crippen LogP contribution in [0, 0.1) is 0 Å². The fraction of sp³-hybridized carbons (Fsp3) is 0.200. The van der Waals surface area contributed by atoms with E-state index in [2.05, 4.69) is 4.98 Å². The number of hydrogen-bond donors (Lipinski definition) is 1. The average Bonchev–Trinajstić information content (AvgIpc) is 3.08. The lowest BCUT2D eigenvalue weighted by molar-refractivity contribution is -0.139. The third kappa shape index (κ3) is 4.12. The molecular formula is C20H20ClN3O2. The van der Waals surface area contributed by atoms with Gasteiger partial charge in [0.2, 0.25) is 0 Å². The molecule has 3 aromatic rings. The monoisotopic (exact) mass is 369 g/mol. The topological polar surface area (TPSA) is 58.4 Å². The second-order valence-corrected chi connectivity index (χ2v) is 6.48. The lowest BCUT2D eigenvalue weighted by Gasteiger charge is -2.21. The maximum atomic E-state index is 12.6. The smallest absolute Gasteiger partial charge is 0.256 e. The molecule has 26 heavy (non-hydrogen) atoms. The van der Waals surface area contributed by atoms with Crippen molar-refractivity contribution in [3.8, 4) is 0 Å². The summed E-state index contributed by atoms with van der Waals surface area (Å²) < 4.78 is 1.99. The first kappa shape index (κ1) is 18.2. The highest BCUT2D eigenvalue weighted by molar-refractivity contribution is 6.31. The largest absolute Gasteiger partial charge is 0.378 e. The van der Waals surface area contributed by atoms with Gasteiger partial charge in [-0.05, 0) is 11.6 Å². The molecule has 0 fully saturated rings. The number of aromatic nitrogens is 2. The highest BCUT2D eigenvalue weighted by Gasteiger charge is 2.24. The SMILES string of the molecule is CN(Cc1nccn1Cc1ccccc1)C(=O)[C@@H](O)c1ccccc1Cl. The Morgan fingerprint density at radius 1 is 1.19 bits per heavy atom. The zero-order valence-corrected chi connectivity index (χ0v) is 15.2. The molecule has 0 bridgehead atoms. The zero-order valence-electron chi connectivity index (χ0n) is 14.4. The zero-order chi connectivity index (χ0) is 18.5. The minimum absolute atomic E-state index is 0.292. The van der Waals surface area contributed by atoms with Gasteiger partial charge in [-0.25, -0.2) is 4.98 Å². The Kier molecular flexibility index (Phi) is 5.71. The summed E-state index contributed by atoms with van der Waals surface area (Å²) in [6.45, 7) is 0.964. The first-order valence-electron chi connectivity index (χ1n) is 8.27. The molecule has 1 amide bonds. The molecule has 0 saturated carbocycles. The van der Waals surface area contributed by atoms with Crippen LogP contribution in [0.3, 0.4) is 0 Å². The number of halogens is 1. The summed E-state index contributed by atoms with van der Waals surface area (Å²) in [6.07, 6.45) is 2.29. The van der Waals surface area contributed by atoms with Gasteiger partial charge in [-0.15, -0.1) is 0 Å². The molecule has 6 heteroatoms. The summed E-state index contributed by atoms with van der Waals surface area (Å²) in [5.74, 6) is 0.323. The molecule has 0 spiro atoms. The van der Waals surface area contributed by atoms with E-state index in [0.29, 0.717) is 23.7 Å². The Morgan fingerprint density at radius 3 is 2.62 bits per heavy atom. The van der Waals surface area contributed by atoms with Crippen molar-refractivity contribution in [2.45, 2.75) is 19.2 Å². The Balaban J connectivity index is 1.70. The number of amides is 1. The molecule has 134 valence electrons. The van der Waals surface area contributed by atoms with Crippen molar-refractivity contribution in [2.24, 2.45) is 0 Å². The van der Waals surface area contributed by atoms with Crippen molar-refractivity contribution >= 4 is 17.5 Å². The third-order valence-electron chi connectivity index (χ3n) is 4.19. The van der Waals surface area contributed by atoms with Crippen LogP contribution in [0.15, 0.2) is 67.0 Å². The van der Waals surface area contributed by atoms with Crippen molar-refractivity contribution in [3.63, 3.8) is 0 Å². The van der Waals surface area contributed by atoms with Crippen LogP contribution in [0.2, 0.25) is 5.02 Å². The van der Waals surface area contributed by atoms with Crippen LogP contribution in [-0.4, -0.2) is 32.5 Å². The molecule has 1 N–H and O–H groups in total. The number of rotatable bonds is 6. The summed E-state index contributed by atoms with van der Waals surface area (Å²) in [6, 6.07) is 16.8. The van der Waals surface area contributed by atoms with E-state index in [4.69, 9.17) is 11.6 Å². The van der Waals surface area contributed by atoms with Crippen LogP contribution >= 0.6 is 11.6 Å². The van der Waals surface area contributed by atoms with Gasteiger partial charge in [0.05, 0.1) is 6.54 Å². The summed E-state index contributed by atoms with van der Waals surface area (Å²) in [4.78, 5) is 18.4. The van der Waals surface area contributed by atoms with E-state index in [1.807, 2.05) is 41.1 Å². The van der Waals surface area contributed by atoms with E-state index >= 15 is 0 Å². The molecule has 1 atom stereocenters. The van der Waals surface area contributed by atoms with E-state index in [0.717, 1.165) is 11.4 Å². The minimum atomic E-state index is -1.30. The number of benzene rings is 2. The summed E-state index contributed by atoms with van der Waals surface area (Å²) in [7, 11) is 1.64. The molecule has 2 aromatic carbocycles. The Labute approximate surface area is 157 Å². The van der Waals surface area contributed by atoms with Gasteiger partial charge in [0.1, 0.15) is 5.82 Å². The van der Waals surface area contributed by atoms with Crippen LogP contribution < -0.4 is 0 Å². The maximum absolute atomic E-state index is 12.6. The highest BCUT2D eigenvalue weighted by atomic mass is 35.5. The van der Waals surface area contributed by atoms with E-state index < -0.39 is 12.0 Å². The Bertz CT molecular complexity index is 880. The number of aliphatic hydroxyl groups excluding tert-OH is 1. The van der Waals surface area contributed by atoms with Crippen LogP contribution in [0.25, 0.3) is 0 Å². The van der Waals surface area contributed by atoms with E-state index in [-0.39, 0.29) is 0 Å². The van der Waals surface area contributed by atoms with Crippen molar-refractivity contribution in [3.05, 3.63) is 89.0 Å². The van der Waals surface area contributed by atoms with Crippen LogP contribution in [0.5, 0.6) is 0 Å². The number of nitrogens with zero attached hydrogens (tertiary/aromatic N) is 3. The molecule has 1 heterocycles. The summed E-state index contributed by atoms with van der Waals surface area (Å²) in [5, 5.41) is 10.7. The standard InChI is InChI=1S/C20H20ClN3O2/c1-23(20(26)19(25)16-9-5-6-10-17(16)21)14-18-22-11-12-24(18)13-15-7-3-2-4-8-15/h2-12,19,25H,13-14H2,1H3/t19-/m0/s1. The normalized spacial score (nSPS) is 12.0.